The lowest BCUT2D eigenvalue weighted by Crippen LogP contribution is -2.47. The van der Waals surface area contributed by atoms with Crippen molar-refractivity contribution in [1.82, 2.24) is 4.90 Å². The Hall–Kier alpha value is -3.40. The fourth-order valence-corrected chi connectivity index (χ4v) is 5.77. The number of amides is 1. The summed E-state index contributed by atoms with van der Waals surface area (Å²) in [5, 5.41) is 11.5. The maximum Gasteiger partial charge on any atom is 0.229 e. The fraction of sp³-hybridized carbons (Fsp3) is 0.241. The largest absolute Gasteiger partial charge is 0.489 e. The molecule has 7 heteroatoms. The third-order valence-corrected chi connectivity index (χ3v) is 8.16. The van der Waals surface area contributed by atoms with Gasteiger partial charge in [0.05, 0.1) is 29.2 Å². The SMILES string of the molecule is Cc1ccc(N2CSC3=C(C#N)[C@@H](c4ccc(OCc5ccc(Cl)cc5)cc4)CC(=O)N3C2)cc1C. The van der Waals surface area contributed by atoms with Gasteiger partial charge in [-0.1, -0.05) is 53.7 Å². The number of fused-ring (bicyclic) bond motifs is 1. The first-order valence-electron chi connectivity index (χ1n) is 11.8. The molecule has 1 amide bonds. The molecule has 0 aromatic heterocycles. The molecule has 3 aromatic rings. The molecule has 182 valence electrons. The molecule has 0 saturated carbocycles. The first-order chi connectivity index (χ1) is 17.4. The lowest BCUT2D eigenvalue weighted by molar-refractivity contribution is -0.129. The summed E-state index contributed by atoms with van der Waals surface area (Å²) in [5.74, 6) is 1.22. The highest BCUT2D eigenvalue weighted by molar-refractivity contribution is 8.03. The van der Waals surface area contributed by atoms with Crippen LogP contribution in [0.25, 0.3) is 0 Å². The maximum absolute atomic E-state index is 13.2. The number of hydrogen-bond donors (Lipinski definition) is 0. The molecule has 0 N–H and O–H groups in total. The Bertz CT molecular complexity index is 1360. The number of ether oxygens (including phenoxy) is 1. The second-order valence-corrected chi connectivity index (χ2v) is 10.5. The number of anilines is 1. The van der Waals surface area contributed by atoms with Crippen molar-refractivity contribution in [3.05, 3.63) is 105 Å². The molecule has 2 heterocycles. The van der Waals surface area contributed by atoms with E-state index in [2.05, 4.69) is 43.0 Å². The highest BCUT2D eigenvalue weighted by atomic mass is 35.5. The number of nitrogens with zero attached hydrogens (tertiary/aromatic N) is 3. The molecule has 5 nitrogen and oxygen atoms in total. The van der Waals surface area contributed by atoms with Crippen molar-refractivity contribution in [2.75, 3.05) is 17.4 Å². The van der Waals surface area contributed by atoms with Gasteiger partial charge >= 0.3 is 0 Å². The van der Waals surface area contributed by atoms with Gasteiger partial charge in [-0.3, -0.25) is 9.69 Å². The van der Waals surface area contributed by atoms with Gasteiger partial charge in [-0.2, -0.15) is 5.26 Å². The molecule has 0 bridgehead atoms. The Balaban J connectivity index is 1.32. The average Bonchev–Trinajstić information content (AvgIpc) is 2.90. The Morgan fingerprint density at radius 1 is 1.06 bits per heavy atom. The van der Waals surface area contributed by atoms with Crippen LogP contribution >= 0.6 is 23.4 Å². The minimum Gasteiger partial charge on any atom is -0.489 e. The van der Waals surface area contributed by atoms with Crippen molar-refractivity contribution in [3.63, 3.8) is 0 Å². The molecule has 0 spiro atoms. The Kier molecular flexibility index (Phi) is 6.95. The van der Waals surface area contributed by atoms with Crippen LogP contribution in [0, 0.1) is 25.2 Å². The number of allylic oxidation sites excluding steroid dienone is 1. The number of halogens is 1. The summed E-state index contributed by atoms with van der Waals surface area (Å²) in [5.41, 5.74) is 6.20. The van der Waals surface area contributed by atoms with Gasteiger partial charge in [0, 0.05) is 23.0 Å². The normalized spacial score (nSPS) is 17.6. The molecule has 2 aliphatic heterocycles. The van der Waals surface area contributed by atoms with E-state index in [1.54, 1.807) is 16.7 Å². The number of carbonyl (C=O) groups is 1. The molecule has 1 fully saturated rings. The minimum absolute atomic E-state index is 0.0399. The van der Waals surface area contributed by atoms with Crippen LogP contribution in [0.3, 0.4) is 0 Å². The van der Waals surface area contributed by atoms with Gasteiger partial charge in [-0.15, -0.1) is 0 Å². The predicted molar refractivity (Wildman–Crippen MR) is 145 cm³/mol. The number of nitriles is 1. The Morgan fingerprint density at radius 3 is 2.50 bits per heavy atom. The zero-order valence-electron chi connectivity index (χ0n) is 20.2. The summed E-state index contributed by atoms with van der Waals surface area (Å²) < 4.78 is 5.90. The second-order valence-electron chi connectivity index (χ2n) is 9.12. The van der Waals surface area contributed by atoms with Crippen molar-refractivity contribution in [2.45, 2.75) is 32.8 Å². The van der Waals surface area contributed by atoms with E-state index in [1.165, 1.54) is 11.1 Å². The maximum atomic E-state index is 13.2. The molecule has 1 saturated heterocycles. The third kappa shape index (κ3) is 4.95. The lowest BCUT2D eigenvalue weighted by Gasteiger charge is -2.42. The summed E-state index contributed by atoms with van der Waals surface area (Å²) in [6.45, 7) is 5.09. The zero-order valence-corrected chi connectivity index (χ0v) is 21.8. The summed E-state index contributed by atoms with van der Waals surface area (Å²) in [6, 6.07) is 24.0. The minimum atomic E-state index is -0.250. The van der Waals surface area contributed by atoms with Crippen LogP contribution in [-0.4, -0.2) is 23.4 Å². The van der Waals surface area contributed by atoms with E-state index in [-0.39, 0.29) is 18.2 Å². The fourth-order valence-electron chi connectivity index (χ4n) is 4.48. The molecule has 0 unspecified atom stereocenters. The van der Waals surface area contributed by atoms with E-state index in [1.807, 2.05) is 48.5 Å². The lowest BCUT2D eigenvalue weighted by atomic mass is 9.86. The van der Waals surface area contributed by atoms with Gasteiger partial charge in [0.2, 0.25) is 5.91 Å². The quantitative estimate of drug-likeness (QED) is 0.376. The van der Waals surface area contributed by atoms with Crippen molar-refractivity contribution >= 4 is 35.0 Å². The number of rotatable bonds is 5. The predicted octanol–water partition coefficient (Wildman–Crippen LogP) is 6.76. The third-order valence-electron chi connectivity index (χ3n) is 6.75. The second kappa shape index (κ2) is 10.3. The van der Waals surface area contributed by atoms with Crippen molar-refractivity contribution in [1.29, 1.82) is 5.26 Å². The van der Waals surface area contributed by atoms with Crippen molar-refractivity contribution < 1.29 is 9.53 Å². The topological polar surface area (TPSA) is 56.6 Å². The molecular formula is C29H26ClN3O2S. The van der Waals surface area contributed by atoms with Crippen LogP contribution in [0.1, 0.15) is 34.6 Å². The number of aryl methyl sites for hydroxylation is 2. The van der Waals surface area contributed by atoms with Gasteiger partial charge < -0.3 is 9.64 Å². The molecule has 0 radical (unpaired) electrons. The van der Waals surface area contributed by atoms with Crippen molar-refractivity contribution in [2.24, 2.45) is 0 Å². The Morgan fingerprint density at radius 2 is 1.81 bits per heavy atom. The Labute approximate surface area is 220 Å². The number of hydrogen-bond acceptors (Lipinski definition) is 5. The van der Waals surface area contributed by atoms with E-state index in [9.17, 15) is 10.1 Å². The van der Waals surface area contributed by atoms with Crippen LogP contribution in [0.5, 0.6) is 5.75 Å². The average molecular weight is 516 g/mol. The molecule has 2 aliphatic rings. The monoisotopic (exact) mass is 515 g/mol. The number of benzene rings is 3. The summed E-state index contributed by atoms with van der Waals surface area (Å²) in [7, 11) is 0. The van der Waals surface area contributed by atoms with Crippen LogP contribution in [0.2, 0.25) is 5.02 Å². The van der Waals surface area contributed by atoms with E-state index >= 15 is 0 Å². The summed E-state index contributed by atoms with van der Waals surface area (Å²) in [4.78, 5) is 17.2. The van der Waals surface area contributed by atoms with Crippen molar-refractivity contribution in [3.8, 4) is 11.8 Å². The standard InChI is InChI=1S/C29H26ClN3O2S/c1-19-3-10-24(13-20(19)2)32-17-33-28(34)14-26(27(15-31)29(33)36-18-32)22-6-11-25(12-7-22)35-16-21-4-8-23(30)9-5-21/h3-13,26H,14,16-18H2,1-2H3/t26-/m1/s1. The first-order valence-corrected chi connectivity index (χ1v) is 13.2. The zero-order chi connectivity index (χ0) is 25.2. The molecule has 1 atom stereocenters. The van der Waals surface area contributed by atoms with Gasteiger partial charge in [0.25, 0.3) is 0 Å². The molecular weight excluding hydrogens is 490 g/mol. The van der Waals surface area contributed by atoms with E-state index in [0.29, 0.717) is 29.7 Å². The number of thioether (sulfide) groups is 1. The summed E-state index contributed by atoms with van der Waals surface area (Å²) in [6.07, 6.45) is 0.276. The molecule has 36 heavy (non-hydrogen) atoms. The highest BCUT2D eigenvalue weighted by Crippen LogP contribution is 2.43. The van der Waals surface area contributed by atoms with Crippen LogP contribution in [-0.2, 0) is 11.4 Å². The van der Waals surface area contributed by atoms with Crippen LogP contribution in [0.15, 0.2) is 77.3 Å². The molecule has 3 aromatic carbocycles. The van der Waals surface area contributed by atoms with Gasteiger partial charge in [0.15, 0.2) is 0 Å². The van der Waals surface area contributed by atoms with Gasteiger partial charge in [0.1, 0.15) is 12.4 Å². The molecule has 5 rings (SSSR count). The van der Waals surface area contributed by atoms with Crippen LogP contribution in [0.4, 0.5) is 5.69 Å². The summed E-state index contributed by atoms with van der Waals surface area (Å²) >= 11 is 7.50. The van der Waals surface area contributed by atoms with Gasteiger partial charge in [-0.25, -0.2) is 0 Å². The smallest absolute Gasteiger partial charge is 0.229 e. The van der Waals surface area contributed by atoms with E-state index < -0.39 is 0 Å². The van der Waals surface area contributed by atoms with Gasteiger partial charge in [-0.05, 0) is 72.5 Å². The first kappa shape index (κ1) is 24.3. The number of carbonyl (C=O) groups excluding carboxylic acids is 1. The van der Waals surface area contributed by atoms with E-state index in [4.69, 9.17) is 16.3 Å². The molecule has 0 aliphatic carbocycles. The van der Waals surface area contributed by atoms with Crippen LogP contribution < -0.4 is 9.64 Å². The van der Waals surface area contributed by atoms with E-state index in [0.717, 1.165) is 27.6 Å². The highest BCUT2D eigenvalue weighted by Gasteiger charge is 2.38.